The van der Waals surface area contributed by atoms with Crippen molar-refractivity contribution < 1.29 is 14.9 Å². The van der Waals surface area contributed by atoms with Gasteiger partial charge >= 0.3 is 172 Å². The van der Waals surface area contributed by atoms with Crippen molar-refractivity contribution in [2.45, 2.75) is 7.25 Å². The van der Waals surface area contributed by atoms with E-state index in [1.54, 1.807) is 0 Å². The summed E-state index contributed by atoms with van der Waals surface area (Å²) in [7, 11) is 19.7. The molecule has 0 amide bonds. The Morgan fingerprint density at radius 1 is 0.750 bits per heavy atom. The molecule has 0 aromatic heterocycles. The van der Waals surface area contributed by atoms with Gasteiger partial charge in [-0.05, 0) is 0 Å². The summed E-state index contributed by atoms with van der Waals surface area (Å²) >= 11 is 2.77. The molecule has 2 atom stereocenters. The van der Waals surface area contributed by atoms with Gasteiger partial charge in [0, 0.05) is 0 Å². The molecule has 4 rings (SSSR count). The van der Waals surface area contributed by atoms with Crippen molar-refractivity contribution in [2.24, 2.45) is 0 Å². The Hall–Kier alpha value is 0.693. The predicted molar refractivity (Wildman–Crippen MR) is 113 cm³/mol. The van der Waals surface area contributed by atoms with Crippen LogP contribution in [0, 0.1) is 0 Å². The summed E-state index contributed by atoms with van der Waals surface area (Å²) in [6, 6.07) is 16.5. The minimum atomic E-state index is -4.56. The van der Waals surface area contributed by atoms with Gasteiger partial charge in [-0.2, -0.15) is 0 Å². The van der Waals surface area contributed by atoms with Crippen LogP contribution in [0.3, 0.4) is 0 Å². The van der Waals surface area contributed by atoms with E-state index in [1.165, 1.54) is 11.1 Å². The third-order valence-corrected chi connectivity index (χ3v) is 22.9. The Balaban J connectivity index is 1.89. The molecule has 123 valence electrons. The monoisotopic (exact) mass is 579 g/mol. The number of rotatable bonds is 2. The van der Waals surface area contributed by atoms with E-state index in [2.05, 4.69) is 68.3 Å². The zero-order chi connectivity index (χ0) is 17.1. The molecule has 0 fully saturated rings. The third-order valence-electron chi connectivity index (χ3n) is 4.84. The summed E-state index contributed by atoms with van der Waals surface area (Å²) in [4.78, 5) is 0. The van der Waals surface area contributed by atoms with E-state index >= 15 is 0 Å². The molecule has 0 N–H and O–H groups in total. The van der Waals surface area contributed by atoms with Crippen molar-refractivity contribution in [1.82, 2.24) is 0 Å². The van der Waals surface area contributed by atoms with Crippen LogP contribution in [0.5, 0.6) is 0 Å². The first-order chi connectivity index (χ1) is 11.3. The van der Waals surface area contributed by atoms with Crippen molar-refractivity contribution in [3.05, 3.63) is 82.9 Å². The van der Waals surface area contributed by atoms with Crippen LogP contribution in [0.25, 0.3) is 8.96 Å². The summed E-state index contributed by atoms with van der Waals surface area (Å²) in [5.74, 6) is 0. The zero-order valence-electron chi connectivity index (χ0n) is 12.4. The SMILES string of the molecule is [SH][Zr]([Cl])([Cl])([CH]1C=C(Br)c2ccccc21)[CH]1C=C(Br)c2ccccc21. The van der Waals surface area contributed by atoms with Crippen LogP contribution < -0.4 is 0 Å². The van der Waals surface area contributed by atoms with Gasteiger partial charge in [0.15, 0.2) is 0 Å². The quantitative estimate of drug-likeness (QED) is 0.343. The topological polar surface area (TPSA) is 0 Å². The number of hydrogen-bond donors (Lipinski definition) is 1. The molecule has 2 aromatic rings. The minimum absolute atomic E-state index is 0.0450. The predicted octanol–water partition coefficient (Wildman–Crippen LogP) is 7.81. The second-order valence-corrected chi connectivity index (χ2v) is 36.0. The summed E-state index contributed by atoms with van der Waals surface area (Å²) in [5.41, 5.74) is 4.66. The standard InChI is InChI=1S/2C9H6Br.2ClH.H2S.Zr/c2*10-9-6-5-7-3-1-2-4-8(7)9;;;;/h2*1-6H;2*1H;1H2;/q;;;;;+3/p-3. The van der Waals surface area contributed by atoms with Crippen molar-refractivity contribution in [1.29, 1.82) is 0 Å². The van der Waals surface area contributed by atoms with E-state index in [0.717, 1.165) is 20.1 Å². The van der Waals surface area contributed by atoms with E-state index in [9.17, 15) is 0 Å². The fourth-order valence-electron chi connectivity index (χ4n) is 3.67. The molecule has 6 heteroatoms. The zero-order valence-corrected chi connectivity index (χ0v) is 20.4. The molecule has 0 radical (unpaired) electrons. The fourth-order valence-corrected chi connectivity index (χ4v) is 20.1. The van der Waals surface area contributed by atoms with Gasteiger partial charge in [0.2, 0.25) is 0 Å². The van der Waals surface area contributed by atoms with Gasteiger partial charge in [0.05, 0.1) is 0 Å². The summed E-state index contributed by atoms with van der Waals surface area (Å²) < 4.78 is 2.01. The number of hydrogen-bond acceptors (Lipinski definition) is 1. The maximum absolute atomic E-state index is 7.30. The van der Waals surface area contributed by atoms with Gasteiger partial charge < -0.3 is 0 Å². The van der Waals surface area contributed by atoms with E-state index in [1.807, 2.05) is 24.3 Å². The number of thiol groups is 1. The van der Waals surface area contributed by atoms with E-state index in [-0.39, 0.29) is 7.25 Å². The fraction of sp³-hybridized carbons (Fsp3) is 0.111. The first-order valence-electron chi connectivity index (χ1n) is 7.53. The van der Waals surface area contributed by atoms with Crippen LogP contribution in [0.4, 0.5) is 0 Å². The van der Waals surface area contributed by atoms with Crippen molar-refractivity contribution in [2.75, 3.05) is 0 Å². The second kappa shape index (κ2) is 6.11. The third kappa shape index (κ3) is 2.72. The molecular formula is C18H13Br2Cl2SZr. The van der Waals surface area contributed by atoms with E-state index < -0.39 is 14.9 Å². The van der Waals surface area contributed by atoms with Crippen molar-refractivity contribution >= 4 is 67.2 Å². The summed E-state index contributed by atoms with van der Waals surface area (Å²) in [5, 5.41) is 0. The number of allylic oxidation sites excluding steroid dienone is 2. The number of benzene rings is 2. The Kier molecular flexibility index (Phi) is 4.60. The Morgan fingerprint density at radius 3 is 1.54 bits per heavy atom. The molecule has 2 aromatic carbocycles. The Bertz CT molecular complexity index is 843. The molecule has 0 saturated heterocycles. The maximum atomic E-state index is 7.30. The molecule has 0 heterocycles. The Morgan fingerprint density at radius 2 is 1.12 bits per heavy atom. The van der Waals surface area contributed by atoms with Gasteiger partial charge in [-0.3, -0.25) is 0 Å². The van der Waals surface area contributed by atoms with Crippen LogP contribution in [0.2, 0.25) is 0 Å². The molecule has 2 aliphatic rings. The summed E-state index contributed by atoms with van der Waals surface area (Å²) in [6.45, 7) is 0. The Labute approximate surface area is 170 Å². The van der Waals surface area contributed by atoms with E-state index in [4.69, 9.17) is 26.4 Å². The van der Waals surface area contributed by atoms with Crippen LogP contribution in [-0.2, 0) is 14.9 Å². The van der Waals surface area contributed by atoms with Gasteiger partial charge in [-0.15, -0.1) is 0 Å². The van der Waals surface area contributed by atoms with Crippen LogP contribution in [-0.4, -0.2) is 0 Å². The average Bonchev–Trinajstić information content (AvgIpc) is 3.08. The molecule has 24 heavy (non-hydrogen) atoms. The number of fused-ring (bicyclic) bond motifs is 2. The van der Waals surface area contributed by atoms with Gasteiger partial charge in [-0.1, -0.05) is 0 Å². The van der Waals surface area contributed by atoms with Gasteiger partial charge in [-0.25, -0.2) is 0 Å². The normalized spacial score (nSPS) is 23.8. The first-order valence-corrected chi connectivity index (χ1v) is 22.0. The van der Waals surface area contributed by atoms with Gasteiger partial charge in [0.1, 0.15) is 0 Å². The van der Waals surface area contributed by atoms with Crippen LogP contribution in [0.15, 0.2) is 60.7 Å². The molecule has 0 nitrogen and oxygen atoms in total. The van der Waals surface area contributed by atoms with Gasteiger partial charge in [0.25, 0.3) is 0 Å². The van der Waals surface area contributed by atoms with Crippen LogP contribution >= 0.6 is 58.3 Å². The molecule has 0 aliphatic heterocycles. The molecule has 0 saturated carbocycles. The van der Waals surface area contributed by atoms with Crippen LogP contribution in [0.1, 0.15) is 29.5 Å². The average molecular weight is 583 g/mol. The van der Waals surface area contributed by atoms with Crippen molar-refractivity contribution in [3.8, 4) is 0 Å². The second-order valence-electron chi connectivity index (χ2n) is 6.26. The molecule has 2 aliphatic carbocycles. The van der Waals surface area contributed by atoms with Crippen molar-refractivity contribution in [3.63, 3.8) is 0 Å². The molecular weight excluding hydrogens is 570 g/mol. The molecule has 0 spiro atoms. The summed E-state index contributed by atoms with van der Waals surface area (Å²) in [6.07, 6.45) is 4.29. The molecule has 0 bridgehead atoms. The van der Waals surface area contributed by atoms with E-state index in [0.29, 0.717) is 0 Å². The molecule has 2 unspecified atom stereocenters. The first kappa shape index (κ1) is 18.1. The number of halogens is 4.